The Morgan fingerprint density at radius 1 is 0.824 bits per heavy atom. The van der Waals surface area contributed by atoms with Crippen molar-refractivity contribution >= 4 is 5.91 Å². The number of hydrazine groups is 1. The lowest BCUT2D eigenvalue weighted by molar-refractivity contribution is -0.135. The predicted molar refractivity (Wildman–Crippen MR) is 133 cm³/mol. The molecule has 2 aliphatic rings. The van der Waals surface area contributed by atoms with Crippen LogP contribution in [0.1, 0.15) is 35.2 Å². The van der Waals surface area contributed by atoms with Gasteiger partial charge in [0.15, 0.2) is 0 Å². The van der Waals surface area contributed by atoms with E-state index in [2.05, 4.69) is 88.5 Å². The maximum Gasteiger partial charge on any atom is 0.241 e. The van der Waals surface area contributed by atoms with Gasteiger partial charge in [-0.3, -0.25) is 9.69 Å². The molecule has 6 heteroatoms. The number of carbonyl (C=O) groups is 1. The third-order valence-corrected chi connectivity index (χ3v) is 6.94. The van der Waals surface area contributed by atoms with Gasteiger partial charge in [-0.1, -0.05) is 72.8 Å². The molecule has 0 spiro atoms. The van der Waals surface area contributed by atoms with E-state index in [4.69, 9.17) is 4.74 Å². The summed E-state index contributed by atoms with van der Waals surface area (Å²) in [6.07, 6.45) is 0.738. The maximum absolute atomic E-state index is 13.3. The molecule has 34 heavy (non-hydrogen) atoms. The van der Waals surface area contributed by atoms with Crippen molar-refractivity contribution in [3.8, 4) is 5.75 Å². The molecule has 0 saturated carbocycles. The number of benzene rings is 3. The van der Waals surface area contributed by atoms with Crippen molar-refractivity contribution in [1.82, 2.24) is 20.7 Å². The van der Waals surface area contributed by atoms with Crippen molar-refractivity contribution in [2.45, 2.75) is 24.5 Å². The van der Waals surface area contributed by atoms with Crippen LogP contribution in [0, 0.1) is 0 Å². The Morgan fingerprint density at radius 3 is 1.97 bits per heavy atom. The Kier molecular flexibility index (Phi) is 6.90. The van der Waals surface area contributed by atoms with Crippen molar-refractivity contribution in [2.75, 3.05) is 33.3 Å². The lowest BCUT2D eigenvalue weighted by atomic mass is 9.96. The summed E-state index contributed by atoms with van der Waals surface area (Å²) < 4.78 is 5.25. The first-order valence-electron chi connectivity index (χ1n) is 12.0. The van der Waals surface area contributed by atoms with Gasteiger partial charge >= 0.3 is 0 Å². The van der Waals surface area contributed by atoms with Crippen LogP contribution in [0.3, 0.4) is 0 Å². The Balaban J connectivity index is 1.21. The summed E-state index contributed by atoms with van der Waals surface area (Å²) in [7, 11) is 1.67. The van der Waals surface area contributed by atoms with Gasteiger partial charge in [-0.25, -0.2) is 10.9 Å². The standard InChI is InChI=1S/C28H32N4O2/c1-34-24-14-12-21(13-15-24)25-20-26(30-29-25)28(33)32-18-16-31(17-19-32)27(22-8-4-2-5-9-22)23-10-6-3-7-11-23/h2-15,25-27,29-30H,16-20H2,1H3. The van der Waals surface area contributed by atoms with Gasteiger partial charge in [0.25, 0.3) is 0 Å². The van der Waals surface area contributed by atoms with Gasteiger partial charge in [0.1, 0.15) is 11.8 Å². The van der Waals surface area contributed by atoms with Crippen molar-refractivity contribution in [1.29, 1.82) is 0 Å². The Hall–Kier alpha value is -3.19. The molecule has 2 unspecified atom stereocenters. The highest BCUT2D eigenvalue weighted by molar-refractivity contribution is 5.82. The summed E-state index contributed by atoms with van der Waals surface area (Å²) in [5, 5.41) is 0. The Morgan fingerprint density at radius 2 is 1.41 bits per heavy atom. The van der Waals surface area contributed by atoms with E-state index in [-0.39, 0.29) is 24.0 Å². The minimum Gasteiger partial charge on any atom is -0.497 e. The quantitative estimate of drug-likeness (QED) is 0.594. The van der Waals surface area contributed by atoms with E-state index in [1.165, 1.54) is 11.1 Å². The third kappa shape index (κ3) is 4.85. The molecule has 0 aromatic heterocycles. The van der Waals surface area contributed by atoms with Gasteiger partial charge < -0.3 is 9.64 Å². The molecule has 2 atom stereocenters. The van der Waals surface area contributed by atoms with Gasteiger partial charge in [-0.05, 0) is 35.2 Å². The lowest BCUT2D eigenvalue weighted by Gasteiger charge is -2.40. The Labute approximate surface area is 201 Å². The predicted octanol–water partition coefficient (Wildman–Crippen LogP) is 3.54. The first-order valence-corrected chi connectivity index (χ1v) is 12.0. The van der Waals surface area contributed by atoms with Crippen LogP contribution >= 0.6 is 0 Å². The van der Waals surface area contributed by atoms with Crippen LogP contribution < -0.4 is 15.6 Å². The molecule has 1 amide bonds. The number of piperazine rings is 1. The van der Waals surface area contributed by atoms with E-state index in [1.54, 1.807) is 7.11 Å². The first kappa shape index (κ1) is 22.6. The smallest absolute Gasteiger partial charge is 0.241 e. The van der Waals surface area contributed by atoms with Crippen molar-refractivity contribution in [3.05, 3.63) is 102 Å². The minimum atomic E-state index is -0.210. The summed E-state index contributed by atoms with van der Waals surface area (Å²) in [4.78, 5) is 17.8. The number of ether oxygens (including phenoxy) is 1. The molecule has 0 aliphatic carbocycles. The summed E-state index contributed by atoms with van der Waals surface area (Å²) in [5.74, 6) is 1.02. The zero-order valence-electron chi connectivity index (χ0n) is 19.6. The second-order valence-corrected chi connectivity index (χ2v) is 8.99. The topological polar surface area (TPSA) is 56.8 Å². The van der Waals surface area contributed by atoms with E-state index in [1.807, 2.05) is 17.0 Å². The molecule has 3 aromatic carbocycles. The molecule has 0 radical (unpaired) electrons. The van der Waals surface area contributed by atoms with Crippen LogP contribution in [-0.4, -0.2) is 55.0 Å². The normalized spacial score (nSPS) is 21.1. The highest BCUT2D eigenvalue weighted by atomic mass is 16.5. The van der Waals surface area contributed by atoms with Crippen LogP contribution in [0.15, 0.2) is 84.9 Å². The zero-order valence-corrected chi connectivity index (χ0v) is 19.6. The fraction of sp³-hybridized carbons (Fsp3) is 0.321. The third-order valence-electron chi connectivity index (χ3n) is 6.94. The first-order chi connectivity index (χ1) is 16.7. The van der Waals surface area contributed by atoms with E-state index in [0.29, 0.717) is 0 Å². The molecular weight excluding hydrogens is 424 g/mol. The van der Waals surface area contributed by atoms with Crippen LogP contribution in [-0.2, 0) is 4.79 Å². The molecule has 2 aliphatic heterocycles. The fourth-order valence-corrected chi connectivity index (χ4v) is 5.08. The summed E-state index contributed by atoms with van der Waals surface area (Å²) in [6, 6.07) is 29.4. The van der Waals surface area contributed by atoms with Crippen LogP contribution in [0.4, 0.5) is 0 Å². The van der Waals surface area contributed by atoms with E-state index < -0.39 is 0 Å². The average molecular weight is 457 g/mol. The van der Waals surface area contributed by atoms with Crippen molar-refractivity contribution in [2.24, 2.45) is 0 Å². The SMILES string of the molecule is COc1ccc(C2CC(C(=O)N3CCN(C(c4ccccc4)c4ccccc4)CC3)NN2)cc1. The largest absolute Gasteiger partial charge is 0.497 e. The molecular formula is C28H32N4O2. The Bertz CT molecular complexity index is 1030. The highest BCUT2D eigenvalue weighted by Crippen LogP contribution is 2.30. The number of amides is 1. The number of hydrogen-bond acceptors (Lipinski definition) is 5. The minimum absolute atomic E-state index is 0.113. The number of methoxy groups -OCH3 is 1. The molecule has 2 fully saturated rings. The lowest BCUT2D eigenvalue weighted by Crippen LogP contribution is -2.54. The van der Waals surface area contributed by atoms with E-state index in [9.17, 15) is 4.79 Å². The molecule has 2 saturated heterocycles. The van der Waals surface area contributed by atoms with Crippen LogP contribution in [0.25, 0.3) is 0 Å². The summed E-state index contributed by atoms with van der Waals surface area (Å²) in [6.45, 7) is 3.17. The second-order valence-electron chi connectivity index (χ2n) is 8.99. The molecule has 2 N–H and O–H groups in total. The summed E-state index contributed by atoms with van der Waals surface area (Å²) in [5.41, 5.74) is 10.3. The fourth-order valence-electron chi connectivity index (χ4n) is 5.08. The van der Waals surface area contributed by atoms with E-state index >= 15 is 0 Å². The zero-order chi connectivity index (χ0) is 23.3. The number of nitrogens with one attached hydrogen (secondary N) is 2. The maximum atomic E-state index is 13.3. The molecule has 176 valence electrons. The molecule has 6 nitrogen and oxygen atoms in total. The monoisotopic (exact) mass is 456 g/mol. The van der Waals surface area contributed by atoms with Crippen LogP contribution in [0.2, 0.25) is 0 Å². The number of rotatable bonds is 6. The van der Waals surface area contributed by atoms with Gasteiger partial charge in [0, 0.05) is 32.2 Å². The average Bonchev–Trinajstić information content (AvgIpc) is 3.41. The molecule has 0 bridgehead atoms. The van der Waals surface area contributed by atoms with Crippen molar-refractivity contribution < 1.29 is 9.53 Å². The van der Waals surface area contributed by atoms with Crippen molar-refractivity contribution in [3.63, 3.8) is 0 Å². The molecule has 5 rings (SSSR count). The number of carbonyl (C=O) groups excluding carboxylic acids is 1. The highest BCUT2D eigenvalue weighted by Gasteiger charge is 2.35. The number of nitrogens with zero attached hydrogens (tertiary/aromatic N) is 2. The molecule has 3 aromatic rings. The number of hydrogen-bond donors (Lipinski definition) is 2. The summed E-state index contributed by atoms with van der Waals surface area (Å²) >= 11 is 0. The van der Waals surface area contributed by atoms with E-state index in [0.717, 1.165) is 43.9 Å². The molecule has 2 heterocycles. The van der Waals surface area contributed by atoms with Gasteiger partial charge in [0.05, 0.1) is 13.2 Å². The van der Waals surface area contributed by atoms with Gasteiger partial charge in [-0.15, -0.1) is 0 Å². The van der Waals surface area contributed by atoms with Gasteiger partial charge in [0.2, 0.25) is 5.91 Å². The van der Waals surface area contributed by atoms with Gasteiger partial charge in [-0.2, -0.15) is 0 Å². The second kappa shape index (κ2) is 10.4. The van der Waals surface area contributed by atoms with Crippen LogP contribution in [0.5, 0.6) is 5.75 Å².